The predicted molar refractivity (Wildman–Crippen MR) is 69.9 cm³/mol. The van der Waals surface area contributed by atoms with E-state index in [2.05, 4.69) is 5.32 Å². The number of nitrogens with one attached hydrogen (secondary N) is 1. The first-order chi connectivity index (χ1) is 8.75. The zero-order valence-electron chi connectivity index (χ0n) is 10.9. The van der Waals surface area contributed by atoms with Crippen molar-refractivity contribution < 1.29 is 9.59 Å². The van der Waals surface area contributed by atoms with Crippen LogP contribution in [0.5, 0.6) is 0 Å². The van der Waals surface area contributed by atoms with Crippen LogP contribution in [0.1, 0.15) is 20.8 Å². The Morgan fingerprint density at radius 3 is 2.53 bits per heavy atom. The first kappa shape index (κ1) is 15.1. The molecule has 0 saturated carbocycles. The molecule has 0 saturated heterocycles. The van der Waals surface area contributed by atoms with Gasteiger partial charge in [-0.2, -0.15) is 10.5 Å². The Balaban J connectivity index is 3.25. The predicted octanol–water partition coefficient (Wildman–Crippen LogP) is 0.624. The van der Waals surface area contributed by atoms with Crippen LogP contribution in [-0.4, -0.2) is 17.1 Å². The molecule has 1 aliphatic heterocycles. The SMILES string of the molecule is C[C@H](SC1=C(C#N)C(C)(C)[C@@H](C#N)C(=O)N1)C(N)=O. The van der Waals surface area contributed by atoms with Crippen LogP contribution in [0, 0.1) is 34.0 Å². The summed E-state index contributed by atoms with van der Waals surface area (Å²) in [5.41, 5.74) is 4.56. The molecule has 0 aromatic rings. The standard InChI is InChI=1S/C12H14N4O2S/c1-6(9(15)17)19-11-8(5-14)12(2,3)7(4-13)10(18)16-11/h6-7H,1-3H3,(H2,15,17)(H,16,18)/t6-,7-/m0/s1. The highest BCUT2D eigenvalue weighted by Crippen LogP contribution is 2.42. The zero-order valence-corrected chi connectivity index (χ0v) is 11.7. The fourth-order valence-corrected chi connectivity index (χ4v) is 2.81. The largest absolute Gasteiger partial charge is 0.369 e. The number of nitriles is 2. The fraction of sp³-hybridized carbons (Fsp3) is 0.500. The molecule has 0 aliphatic carbocycles. The molecular formula is C12H14N4O2S. The van der Waals surface area contributed by atoms with Crippen molar-refractivity contribution in [3.8, 4) is 12.1 Å². The number of nitrogens with zero attached hydrogens (tertiary/aromatic N) is 2. The maximum absolute atomic E-state index is 11.9. The molecular weight excluding hydrogens is 264 g/mol. The fourth-order valence-electron chi connectivity index (χ4n) is 1.75. The summed E-state index contributed by atoms with van der Waals surface area (Å²) in [5.74, 6) is -1.94. The van der Waals surface area contributed by atoms with Crippen molar-refractivity contribution in [2.75, 3.05) is 0 Å². The van der Waals surface area contributed by atoms with Crippen molar-refractivity contribution >= 4 is 23.6 Å². The lowest BCUT2D eigenvalue weighted by atomic mass is 9.72. The molecule has 100 valence electrons. The van der Waals surface area contributed by atoms with Crippen LogP contribution in [0.3, 0.4) is 0 Å². The molecule has 0 aromatic carbocycles. The molecule has 0 bridgehead atoms. The summed E-state index contributed by atoms with van der Waals surface area (Å²) < 4.78 is 0. The van der Waals surface area contributed by atoms with Gasteiger partial charge in [0.1, 0.15) is 5.92 Å². The minimum Gasteiger partial charge on any atom is -0.369 e. The number of primary amides is 1. The van der Waals surface area contributed by atoms with E-state index in [0.29, 0.717) is 5.03 Å². The van der Waals surface area contributed by atoms with Gasteiger partial charge in [-0.05, 0) is 6.92 Å². The van der Waals surface area contributed by atoms with Gasteiger partial charge in [-0.15, -0.1) is 0 Å². The van der Waals surface area contributed by atoms with E-state index in [4.69, 9.17) is 11.0 Å². The molecule has 0 unspecified atom stereocenters. The van der Waals surface area contributed by atoms with Crippen LogP contribution in [0.4, 0.5) is 0 Å². The third-order valence-electron chi connectivity index (χ3n) is 3.03. The number of hydrogen-bond acceptors (Lipinski definition) is 5. The van der Waals surface area contributed by atoms with Crippen molar-refractivity contribution in [3.05, 3.63) is 10.6 Å². The zero-order chi connectivity index (χ0) is 14.8. The van der Waals surface area contributed by atoms with E-state index in [1.165, 1.54) is 0 Å². The van der Waals surface area contributed by atoms with Crippen LogP contribution >= 0.6 is 11.8 Å². The summed E-state index contributed by atoms with van der Waals surface area (Å²) in [4.78, 5) is 22.9. The van der Waals surface area contributed by atoms with Crippen molar-refractivity contribution in [2.24, 2.45) is 17.1 Å². The van der Waals surface area contributed by atoms with E-state index in [1.807, 2.05) is 12.1 Å². The van der Waals surface area contributed by atoms with Gasteiger partial charge < -0.3 is 11.1 Å². The number of carbonyl (C=O) groups is 2. The summed E-state index contributed by atoms with van der Waals surface area (Å²) >= 11 is 1.02. The normalized spacial score (nSPS) is 23.0. The monoisotopic (exact) mass is 278 g/mol. The van der Waals surface area contributed by atoms with Crippen LogP contribution in [-0.2, 0) is 9.59 Å². The van der Waals surface area contributed by atoms with Crippen LogP contribution in [0.15, 0.2) is 10.6 Å². The van der Waals surface area contributed by atoms with E-state index < -0.39 is 28.4 Å². The summed E-state index contributed by atoms with van der Waals surface area (Å²) in [6.45, 7) is 4.91. The molecule has 2 amide bonds. The van der Waals surface area contributed by atoms with Gasteiger partial charge in [0.05, 0.1) is 28.0 Å². The molecule has 0 spiro atoms. The average molecular weight is 278 g/mol. The van der Waals surface area contributed by atoms with Gasteiger partial charge in [-0.3, -0.25) is 9.59 Å². The summed E-state index contributed by atoms with van der Waals surface area (Å²) in [6.07, 6.45) is 0. The number of allylic oxidation sites excluding steroid dienone is 1. The highest BCUT2D eigenvalue weighted by atomic mass is 32.2. The van der Waals surface area contributed by atoms with Crippen molar-refractivity contribution in [3.63, 3.8) is 0 Å². The highest BCUT2D eigenvalue weighted by Gasteiger charge is 2.45. The molecule has 6 nitrogen and oxygen atoms in total. The molecule has 0 fully saturated rings. The number of hydrogen-bond donors (Lipinski definition) is 2. The number of carbonyl (C=O) groups excluding carboxylic acids is 2. The van der Waals surface area contributed by atoms with Crippen molar-refractivity contribution in [2.45, 2.75) is 26.0 Å². The maximum atomic E-state index is 11.9. The van der Waals surface area contributed by atoms with Gasteiger partial charge in [0.2, 0.25) is 11.8 Å². The Morgan fingerprint density at radius 2 is 2.11 bits per heavy atom. The first-order valence-corrected chi connectivity index (χ1v) is 6.45. The molecule has 1 rings (SSSR count). The van der Waals surface area contributed by atoms with Gasteiger partial charge in [-0.1, -0.05) is 25.6 Å². The quantitative estimate of drug-likeness (QED) is 0.784. The smallest absolute Gasteiger partial charge is 0.243 e. The molecule has 1 heterocycles. The number of amides is 2. The van der Waals surface area contributed by atoms with Crippen LogP contribution < -0.4 is 11.1 Å². The Hall–Kier alpha value is -1.99. The first-order valence-electron chi connectivity index (χ1n) is 5.57. The molecule has 1 aliphatic rings. The van der Waals surface area contributed by atoms with Gasteiger partial charge in [0.25, 0.3) is 0 Å². The molecule has 19 heavy (non-hydrogen) atoms. The Kier molecular flexibility index (Phi) is 4.23. The summed E-state index contributed by atoms with van der Waals surface area (Å²) in [5, 5.41) is 20.5. The van der Waals surface area contributed by atoms with E-state index in [-0.39, 0.29) is 5.57 Å². The Bertz CT molecular complexity index is 539. The lowest BCUT2D eigenvalue weighted by Gasteiger charge is -2.34. The summed E-state index contributed by atoms with van der Waals surface area (Å²) in [7, 11) is 0. The number of thioether (sulfide) groups is 1. The maximum Gasteiger partial charge on any atom is 0.243 e. The highest BCUT2D eigenvalue weighted by molar-refractivity contribution is 8.04. The Morgan fingerprint density at radius 1 is 1.53 bits per heavy atom. The van der Waals surface area contributed by atoms with E-state index >= 15 is 0 Å². The number of rotatable bonds is 3. The van der Waals surface area contributed by atoms with Crippen molar-refractivity contribution in [1.29, 1.82) is 10.5 Å². The second-order valence-corrected chi connectivity index (χ2v) is 6.10. The Labute approximate surface area is 115 Å². The molecule has 7 heteroatoms. The third-order valence-corrected chi connectivity index (χ3v) is 4.16. The minimum absolute atomic E-state index is 0.289. The van der Waals surface area contributed by atoms with Gasteiger partial charge in [0.15, 0.2) is 0 Å². The van der Waals surface area contributed by atoms with Crippen LogP contribution in [0.2, 0.25) is 0 Å². The molecule has 3 N–H and O–H groups in total. The second-order valence-electron chi connectivity index (χ2n) is 4.75. The topological polar surface area (TPSA) is 120 Å². The number of nitrogens with two attached hydrogens (primary N) is 1. The average Bonchev–Trinajstić information content (AvgIpc) is 2.28. The molecule has 0 aromatic heterocycles. The van der Waals surface area contributed by atoms with Crippen LogP contribution in [0.25, 0.3) is 0 Å². The second kappa shape index (κ2) is 5.33. The van der Waals surface area contributed by atoms with Crippen molar-refractivity contribution in [1.82, 2.24) is 5.32 Å². The molecule has 2 atom stereocenters. The van der Waals surface area contributed by atoms with Gasteiger partial charge in [0, 0.05) is 5.41 Å². The lowest BCUT2D eigenvalue weighted by Crippen LogP contribution is -2.45. The van der Waals surface area contributed by atoms with E-state index in [9.17, 15) is 14.9 Å². The van der Waals surface area contributed by atoms with E-state index in [1.54, 1.807) is 20.8 Å². The van der Waals surface area contributed by atoms with E-state index in [0.717, 1.165) is 11.8 Å². The van der Waals surface area contributed by atoms with Gasteiger partial charge >= 0.3 is 0 Å². The van der Waals surface area contributed by atoms with Gasteiger partial charge in [-0.25, -0.2) is 0 Å². The molecule has 0 radical (unpaired) electrons. The summed E-state index contributed by atoms with van der Waals surface area (Å²) in [6, 6.07) is 3.92. The third kappa shape index (κ3) is 2.72. The minimum atomic E-state index is -0.935. The lowest BCUT2D eigenvalue weighted by molar-refractivity contribution is -0.125.